The summed E-state index contributed by atoms with van der Waals surface area (Å²) in [6, 6.07) is -0.0964. The third-order valence-electron chi connectivity index (χ3n) is 3.23. The molecule has 1 aliphatic heterocycles. The highest BCUT2D eigenvalue weighted by Crippen LogP contribution is 2.14. The maximum atomic E-state index is 11.8. The van der Waals surface area contributed by atoms with E-state index in [1.807, 2.05) is 0 Å². The molecular formula is C13H24N2O4. The van der Waals surface area contributed by atoms with Crippen molar-refractivity contribution >= 4 is 12.0 Å². The normalized spacial score (nSPS) is 18.9. The summed E-state index contributed by atoms with van der Waals surface area (Å²) in [5.74, 6) is -0.364. The van der Waals surface area contributed by atoms with Crippen LogP contribution in [0.3, 0.4) is 0 Å². The first kappa shape index (κ1) is 15.8. The highest BCUT2D eigenvalue weighted by molar-refractivity contribution is 5.73. The average Bonchev–Trinajstić information content (AvgIpc) is 2.38. The summed E-state index contributed by atoms with van der Waals surface area (Å²) in [5, 5.41) is 11.3. The molecular weight excluding hydrogens is 248 g/mol. The van der Waals surface area contributed by atoms with Crippen molar-refractivity contribution in [3.05, 3.63) is 0 Å². The molecule has 0 aromatic rings. The number of urea groups is 1. The lowest BCUT2D eigenvalue weighted by molar-refractivity contribution is -0.137. The number of carboxylic acids is 1. The first-order valence-corrected chi connectivity index (χ1v) is 6.88. The molecule has 0 bridgehead atoms. The van der Waals surface area contributed by atoms with E-state index in [0.717, 1.165) is 26.1 Å². The smallest absolute Gasteiger partial charge is 0.317 e. The first-order valence-electron chi connectivity index (χ1n) is 6.88. The number of carbonyl (C=O) groups is 2. The Labute approximate surface area is 114 Å². The van der Waals surface area contributed by atoms with E-state index in [2.05, 4.69) is 5.32 Å². The predicted molar refractivity (Wildman–Crippen MR) is 71.1 cm³/mol. The monoisotopic (exact) mass is 272 g/mol. The van der Waals surface area contributed by atoms with E-state index >= 15 is 0 Å². The molecule has 1 rings (SSSR count). The van der Waals surface area contributed by atoms with E-state index in [1.54, 1.807) is 11.9 Å². The van der Waals surface area contributed by atoms with Crippen LogP contribution in [0.1, 0.15) is 32.1 Å². The molecule has 1 unspecified atom stereocenters. The molecule has 1 heterocycles. The zero-order chi connectivity index (χ0) is 14.1. The number of nitrogens with zero attached hydrogens (tertiary/aromatic N) is 1. The number of carbonyl (C=O) groups excluding carboxylic acids is 1. The Bertz CT molecular complexity index is 290. The minimum absolute atomic E-state index is 0.0964. The molecule has 19 heavy (non-hydrogen) atoms. The zero-order valence-corrected chi connectivity index (χ0v) is 11.6. The quantitative estimate of drug-likeness (QED) is 0.685. The lowest BCUT2D eigenvalue weighted by Crippen LogP contribution is -2.41. The van der Waals surface area contributed by atoms with Crippen LogP contribution in [-0.4, -0.2) is 55.4 Å². The fraction of sp³-hybridized carbons (Fsp3) is 0.846. The van der Waals surface area contributed by atoms with Gasteiger partial charge in [-0.05, 0) is 25.7 Å². The number of aliphatic carboxylic acids is 1. The summed E-state index contributed by atoms with van der Waals surface area (Å²) in [5.41, 5.74) is 0. The van der Waals surface area contributed by atoms with Crippen molar-refractivity contribution in [2.45, 2.75) is 32.1 Å². The molecule has 0 aliphatic carbocycles. The van der Waals surface area contributed by atoms with Gasteiger partial charge in [-0.1, -0.05) is 0 Å². The molecule has 1 saturated heterocycles. The fourth-order valence-corrected chi connectivity index (χ4v) is 2.15. The molecule has 1 atom stereocenters. The first-order chi connectivity index (χ1) is 9.09. The van der Waals surface area contributed by atoms with Gasteiger partial charge >= 0.3 is 12.0 Å². The third kappa shape index (κ3) is 7.00. The average molecular weight is 272 g/mol. The summed E-state index contributed by atoms with van der Waals surface area (Å²) in [4.78, 5) is 23.8. The summed E-state index contributed by atoms with van der Waals surface area (Å²) < 4.78 is 5.38. The second kappa shape index (κ2) is 8.74. The van der Waals surface area contributed by atoms with Crippen molar-refractivity contribution in [3.8, 4) is 0 Å². The van der Waals surface area contributed by atoms with Crippen molar-refractivity contribution < 1.29 is 19.4 Å². The van der Waals surface area contributed by atoms with Crippen LogP contribution < -0.4 is 5.32 Å². The van der Waals surface area contributed by atoms with Gasteiger partial charge < -0.3 is 20.1 Å². The van der Waals surface area contributed by atoms with Gasteiger partial charge in [0.15, 0.2) is 0 Å². The molecule has 0 saturated carbocycles. The molecule has 110 valence electrons. The Kier molecular flexibility index (Phi) is 7.25. The Hall–Kier alpha value is -1.30. The highest BCUT2D eigenvalue weighted by atomic mass is 16.5. The van der Waals surface area contributed by atoms with Crippen molar-refractivity contribution in [1.29, 1.82) is 0 Å². The maximum Gasteiger partial charge on any atom is 0.317 e. The van der Waals surface area contributed by atoms with Crippen LogP contribution in [0.15, 0.2) is 0 Å². The molecule has 1 fully saturated rings. The number of amides is 2. The third-order valence-corrected chi connectivity index (χ3v) is 3.23. The van der Waals surface area contributed by atoms with Gasteiger partial charge in [0, 0.05) is 39.1 Å². The zero-order valence-electron chi connectivity index (χ0n) is 11.6. The van der Waals surface area contributed by atoms with E-state index in [9.17, 15) is 9.59 Å². The van der Waals surface area contributed by atoms with Gasteiger partial charge in [0.05, 0.1) is 6.61 Å². The van der Waals surface area contributed by atoms with E-state index in [0.29, 0.717) is 31.8 Å². The Morgan fingerprint density at radius 2 is 2.21 bits per heavy atom. The Morgan fingerprint density at radius 1 is 1.42 bits per heavy atom. The Balaban J connectivity index is 2.08. The van der Waals surface area contributed by atoms with Crippen molar-refractivity contribution in [1.82, 2.24) is 10.2 Å². The van der Waals surface area contributed by atoms with Crippen molar-refractivity contribution in [3.63, 3.8) is 0 Å². The van der Waals surface area contributed by atoms with E-state index in [4.69, 9.17) is 9.84 Å². The van der Waals surface area contributed by atoms with Gasteiger partial charge in [-0.3, -0.25) is 4.79 Å². The van der Waals surface area contributed by atoms with Crippen molar-refractivity contribution in [2.75, 3.05) is 33.4 Å². The molecule has 1 aliphatic rings. The summed E-state index contributed by atoms with van der Waals surface area (Å²) in [6.45, 7) is 2.80. The van der Waals surface area contributed by atoms with Gasteiger partial charge in [-0.2, -0.15) is 0 Å². The topological polar surface area (TPSA) is 78.9 Å². The number of unbranched alkanes of at least 4 members (excludes halogenated alkanes) is 1. The standard InChI is InChI=1S/C13H24N2O4/c1-15(9-11-5-4-8-19-10-11)13(18)14-7-3-2-6-12(16)17/h11H,2-10H2,1H3,(H,14,18)(H,16,17). The highest BCUT2D eigenvalue weighted by Gasteiger charge is 2.18. The van der Waals surface area contributed by atoms with Gasteiger partial charge in [0.2, 0.25) is 0 Å². The van der Waals surface area contributed by atoms with E-state index < -0.39 is 5.97 Å². The number of rotatable bonds is 7. The van der Waals surface area contributed by atoms with Crippen LogP contribution >= 0.6 is 0 Å². The minimum atomic E-state index is -0.791. The number of nitrogens with one attached hydrogen (secondary N) is 1. The van der Waals surface area contributed by atoms with Gasteiger partial charge in [0.25, 0.3) is 0 Å². The SMILES string of the molecule is CN(CC1CCCOC1)C(=O)NCCCCC(=O)O. The van der Waals surface area contributed by atoms with E-state index in [1.165, 1.54) is 0 Å². The van der Waals surface area contributed by atoms with Crippen LogP contribution in [0, 0.1) is 5.92 Å². The Morgan fingerprint density at radius 3 is 2.84 bits per heavy atom. The van der Waals surface area contributed by atoms with Crippen LogP contribution in [0.5, 0.6) is 0 Å². The number of ether oxygens (including phenoxy) is 1. The van der Waals surface area contributed by atoms with Crippen LogP contribution in [0.25, 0.3) is 0 Å². The molecule has 2 N–H and O–H groups in total. The molecule has 0 radical (unpaired) electrons. The molecule has 0 aromatic carbocycles. The van der Waals surface area contributed by atoms with Crippen LogP contribution in [0.4, 0.5) is 4.79 Å². The van der Waals surface area contributed by atoms with Crippen molar-refractivity contribution in [2.24, 2.45) is 5.92 Å². The molecule has 6 heteroatoms. The minimum Gasteiger partial charge on any atom is -0.481 e. The second-order valence-electron chi connectivity index (χ2n) is 5.05. The second-order valence-corrected chi connectivity index (χ2v) is 5.05. The lowest BCUT2D eigenvalue weighted by atomic mass is 10.0. The summed E-state index contributed by atoms with van der Waals surface area (Å²) >= 11 is 0. The van der Waals surface area contributed by atoms with E-state index in [-0.39, 0.29) is 12.5 Å². The molecule has 6 nitrogen and oxygen atoms in total. The molecule has 0 spiro atoms. The predicted octanol–water partition coefficient (Wildman–Crippen LogP) is 1.31. The fourth-order valence-electron chi connectivity index (χ4n) is 2.15. The molecule has 0 aromatic heterocycles. The van der Waals surface area contributed by atoms with Gasteiger partial charge in [-0.15, -0.1) is 0 Å². The van der Waals surface area contributed by atoms with Crippen LogP contribution in [-0.2, 0) is 9.53 Å². The lowest BCUT2D eigenvalue weighted by Gasteiger charge is -2.27. The van der Waals surface area contributed by atoms with Gasteiger partial charge in [-0.25, -0.2) is 4.79 Å². The number of hydrogen-bond donors (Lipinski definition) is 2. The van der Waals surface area contributed by atoms with Crippen LogP contribution in [0.2, 0.25) is 0 Å². The number of hydrogen-bond acceptors (Lipinski definition) is 3. The summed E-state index contributed by atoms with van der Waals surface area (Å²) in [6.07, 6.45) is 3.62. The largest absolute Gasteiger partial charge is 0.481 e. The molecule has 2 amide bonds. The maximum absolute atomic E-state index is 11.8. The van der Waals surface area contributed by atoms with Gasteiger partial charge in [0.1, 0.15) is 0 Å². The summed E-state index contributed by atoms with van der Waals surface area (Å²) in [7, 11) is 1.78. The number of carboxylic acid groups (broad SMARTS) is 1.